The van der Waals surface area contributed by atoms with Crippen molar-refractivity contribution in [2.24, 2.45) is 11.8 Å². The number of carbonyl (C=O) groups is 1. The SMILES string of the molecule is CCCCCC1CCC(C(=O)Oc2cnc(F)c(F)c2)CC1. The van der Waals surface area contributed by atoms with E-state index in [-0.39, 0.29) is 17.6 Å². The number of ether oxygens (including phenoxy) is 1. The fourth-order valence-corrected chi connectivity index (χ4v) is 3.03. The van der Waals surface area contributed by atoms with E-state index in [1.54, 1.807) is 0 Å². The number of unbranched alkanes of at least 4 members (excludes halogenated alkanes) is 2. The van der Waals surface area contributed by atoms with E-state index in [9.17, 15) is 13.6 Å². The molecule has 1 saturated carbocycles. The molecule has 0 amide bonds. The predicted octanol–water partition coefficient (Wildman–Crippen LogP) is 4.65. The average molecular weight is 311 g/mol. The Morgan fingerprint density at radius 1 is 1.27 bits per heavy atom. The van der Waals surface area contributed by atoms with Gasteiger partial charge in [-0.25, -0.2) is 9.37 Å². The largest absolute Gasteiger partial charge is 0.425 e. The molecular weight excluding hydrogens is 288 g/mol. The van der Waals surface area contributed by atoms with Gasteiger partial charge in [-0.1, -0.05) is 32.6 Å². The highest BCUT2D eigenvalue weighted by Gasteiger charge is 2.27. The first-order valence-electron chi connectivity index (χ1n) is 8.13. The summed E-state index contributed by atoms with van der Waals surface area (Å²) >= 11 is 0. The van der Waals surface area contributed by atoms with Crippen LogP contribution in [0, 0.1) is 23.6 Å². The Kier molecular flexibility index (Phi) is 6.28. The lowest BCUT2D eigenvalue weighted by atomic mass is 9.80. The van der Waals surface area contributed by atoms with Crippen LogP contribution in [0.2, 0.25) is 0 Å². The molecule has 0 aliphatic heterocycles. The average Bonchev–Trinajstić information content (AvgIpc) is 2.52. The predicted molar refractivity (Wildman–Crippen MR) is 79.4 cm³/mol. The number of hydrogen-bond acceptors (Lipinski definition) is 3. The summed E-state index contributed by atoms with van der Waals surface area (Å²) in [5, 5.41) is 0. The Morgan fingerprint density at radius 3 is 2.64 bits per heavy atom. The smallest absolute Gasteiger partial charge is 0.314 e. The molecular formula is C17H23F2NO2. The van der Waals surface area contributed by atoms with E-state index in [1.165, 1.54) is 25.7 Å². The fourth-order valence-electron chi connectivity index (χ4n) is 3.03. The maximum absolute atomic E-state index is 13.0. The lowest BCUT2D eigenvalue weighted by Gasteiger charge is -2.27. The minimum Gasteiger partial charge on any atom is -0.425 e. The third-order valence-electron chi connectivity index (χ3n) is 4.39. The van der Waals surface area contributed by atoms with E-state index in [0.29, 0.717) is 5.92 Å². The summed E-state index contributed by atoms with van der Waals surface area (Å²) in [5.74, 6) is -2.12. The van der Waals surface area contributed by atoms with Crippen LogP contribution in [0.4, 0.5) is 8.78 Å². The number of hydrogen-bond donors (Lipinski definition) is 0. The number of esters is 1. The van der Waals surface area contributed by atoms with Gasteiger partial charge >= 0.3 is 5.97 Å². The Labute approximate surface area is 130 Å². The van der Waals surface area contributed by atoms with Crippen LogP contribution in [-0.4, -0.2) is 11.0 Å². The minimum absolute atomic E-state index is 0.0334. The van der Waals surface area contributed by atoms with E-state index in [0.717, 1.165) is 37.9 Å². The lowest BCUT2D eigenvalue weighted by Crippen LogP contribution is -2.25. The third-order valence-corrected chi connectivity index (χ3v) is 4.39. The number of nitrogens with zero attached hydrogens (tertiary/aromatic N) is 1. The topological polar surface area (TPSA) is 39.2 Å². The van der Waals surface area contributed by atoms with Crippen LogP contribution in [0.25, 0.3) is 0 Å². The highest BCUT2D eigenvalue weighted by molar-refractivity contribution is 5.75. The molecule has 0 bridgehead atoms. The first-order valence-corrected chi connectivity index (χ1v) is 8.13. The number of carbonyl (C=O) groups excluding carboxylic acids is 1. The lowest BCUT2D eigenvalue weighted by molar-refractivity contribution is -0.140. The van der Waals surface area contributed by atoms with E-state index in [1.807, 2.05) is 0 Å². The molecule has 1 aliphatic rings. The van der Waals surface area contributed by atoms with Gasteiger partial charge in [-0.2, -0.15) is 4.39 Å². The zero-order chi connectivity index (χ0) is 15.9. The highest BCUT2D eigenvalue weighted by atomic mass is 19.2. The van der Waals surface area contributed by atoms with Crippen LogP contribution in [0.5, 0.6) is 5.75 Å². The Morgan fingerprint density at radius 2 is 2.00 bits per heavy atom. The van der Waals surface area contributed by atoms with Crippen molar-refractivity contribution in [2.45, 2.75) is 58.3 Å². The molecule has 22 heavy (non-hydrogen) atoms. The van der Waals surface area contributed by atoms with Gasteiger partial charge in [0.15, 0.2) is 11.6 Å². The molecule has 0 atom stereocenters. The van der Waals surface area contributed by atoms with Crippen molar-refractivity contribution in [3.05, 3.63) is 24.0 Å². The molecule has 1 fully saturated rings. The Balaban J connectivity index is 1.78. The molecule has 0 aromatic carbocycles. The molecule has 122 valence electrons. The molecule has 1 aromatic rings. The molecule has 1 aromatic heterocycles. The summed E-state index contributed by atoms with van der Waals surface area (Å²) in [5.41, 5.74) is 0. The Bertz CT molecular complexity index is 499. The van der Waals surface area contributed by atoms with Gasteiger partial charge in [-0.3, -0.25) is 4.79 Å². The minimum atomic E-state index is -1.19. The van der Waals surface area contributed by atoms with Gasteiger partial charge in [0.05, 0.1) is 12.1 Å². The third kappa shape index (κ3) is 4.75. The van der Waals surface area contributed by atoms with Gasteiger partial charge < -0.3 is 4.74 Å². The number of pyridine rings is 1. The number of rotatable bonds is 6. The van der Waals surface area contributed by atoms with Gasteiger partial charge in [0.1, 0.15) is 0 Å². The van der Waals surface area contributed by atoms with E-state index < -0.39 is 11.8 Å². The second kappa shape index (κ2) is 8.20. The van der Waals surface area contributed by atoms with Crippen molar-refractivity contribution in [3.63, 3.8) is 0 Å². The molecule has 1 aliphatic carbocycles. The zero-order valence-corrected chi connectivity index (χ0v) is 13.0. The quantitative estimate of drug-likeness (QED) is 0.436. The van der Waals surface area contributed by atoms with Gasteiger partial charge in [-0.15, -0.1) is 0 Å². The van der Waals surface area contributed by atoms with Crippen molar-refractivity contribution in [1.82, 2.24) is 4.98 Å². The molecule has 0 unspecified atom stereocenters. The van der Waals surface area contributed by atoms with Crippen LogP contribution >= 0.6 is 0 Å². The summed E-state index contributed by atoms with van der Waals surface area (Å²) in [4.78, 5) is 15.3. The van der Waals surface area contributed by atoms with Crippen LogP contribution in [0.15, 0.2) is 12.3 Å². The fraction of sp³-hybridized carbons (Fsp3) is 0.647. The first kappa shape index (κ1) is 16.8. The van der Waals surface area contributed by atoms with Gasteiger partial charge in [-0.05, 0) is 31.6 Å². The number of aromatic nitrogens is 1. The second-order valence-corrected chi connectivity index (χ2v) is 6.08. The van der Waals surface area contributed by atoms with Crippen molar-refractivity contribution >= 4 is 5.97 Å². The molecule has 5 heteroatoms. The molecule has 0 saturated heterocycles. The van der Waals surface area contributed by atoms with Crippen LogP contribution in [0.3, 0.4) is 0 Å². The second-order valence-electron chi connectivity index (χ2n) is 6.08. The molecule has 0 N–H and O–H groups in total. The standard InChI is InChI=1S/C17H23F2NO2/c1-2-3-4-5-12-6-8-13(9-7-12)17(21)22-14-10-15(18)16(19)20-11-14/h10-13H,2-9H2,1H3. The van der Waals surface area contributed by atoms with Gasteiger partial charge in [0, 0.05) is 6.07 Å². The molecule has 2 rings (SSSR count). The first-order chi connectivity index (χ1) is 10.6. The molecule has 0 radical (unpaired) electrons. The highest BCUT2D eigenvalue weighted by Crippen LogP contribution is 2.33. The summed E-state index contributed by atoms with van der Waals surface area (Å²) in [6.07, 6.45) is 9.74. The maximum Gasteiger partial charge on any atom is 0.314 e. The van der Waals surface area contributed by atoms with Crippen molar-refractivity contribution in [1.29, 1.82) is 0 Å². The van der Waals surface area contributed by atoms with Gasteiger partial charge in [0.2, 0.25) is 5.95 Å². The summed E-state index contributed by atoms with van der Waals surface area (Å²) in [6, 6.07) is 0.858. The number of halogens is 2. The van der Waals surface area contributed by atoms with Crippen LogP contribution < -0.4 is 4.74 Å². The van der Waals surface area contributed by atoms with E-state index in [4.69, 9.17) is 4.74 Å². The van der Waals surface area contributed by atoms with Crippen molar-refractivity contribution in [3.8, 4) is 5.75 Å². The zero-order valence-electron chi connectivity index (χ0n) is 13.0. The van der Waals surface area contributed by atoms with Crippen LogP contribution in [-0.2, 0) is 4.79 Å². The maximum atomic E-state index is 13.0. The Hall–Kier alpha value is -1.52. The van der Waals surface area contributed by atoms with Crippen LogP contribution in [0.1, 0.15) is 58.3 Å². The van der Waals surface area contributed by atoms with Crippen molar-refractivity contribution < 1.29 is 18.3 Å². The van der Waals surface area contributed by atoms with E-state index >= 15 is 0 Å². The molecule has 3 nitrogen and oxygen atoms in total. The van der Waals surface area contributed by atoms with Crippen molar-refractivity contribution in [2.75, 3.05) is 0 Å². The normalized spacial score (nSPS) is 21.6. The summed E-state index contributed by atoms with van der Waals surface area (Å²) in [6.45, 7) is 2.19. The monoisotopic (exact) mass is 311 g/mol. The van der Waals surface area contributed by atoms with E-state index in [2.05, 4.69) is 11.9 Å². The molecule has 1 heterocycles. The summed E-state index contributed by atoms with van der Waals surface area (Å²) in [7, 11) is 0. The van der Waals surface area contributed by atoms with Gasteiger partial charge in [0.25, 0.3) is 0 Å². The molecule has 0 spiro atoms. The summed E-state index contributed by atoms with van der Waals surface area (Å²) < 4.78 is 30.9.